The standard InChI is InChI=1S/C47H40N8.2Pd/c1-45(2,3)37-29-31-54(52-37)43-27-15-25-41(50-43)47(39-23-13-21-35(48-39)33-17-9-7-10-18-33,40-24-14-22-36(49-40)34-19-11-8-12-20-34)42-26-16-28-44(51-42)55-32-30-38(53-55)46(4,5)6;;/h7-17,19,21-30H,1-6H3;;/q-4;2*+2. The summed E-state index contributed by atoms with van der Waals surface area (Å²) in [5.74, 6) is 1.20. The van der Waals surface area contributed by atoms with Crippen molar-refractivity contribution in [1.82, 2.24) is 39.5 Å². The van der Waals surface area contributed by atoms with Crippen molar-refractivity contribution in [3.63, 3.8) is 0 Å². The average molecular weight is 930 g/mol. The van der Waals surface area contributed by atoms with Gasteiger partial charge in [-0.25, -0.2) is 0 Å². The Balaban J connectivity index is 0.00000275. The van der Waals surface area contributed by atoms with Gasteiger partial charge in [-0.1, -0.05) is 102 Å². The van der Waals surface area contributed by atoms with E-state index in [0.717, 1.165) is 33.9 Å². The third-order valence-electron chi connectivity index (χ3n) is 9.51. The van der Waals surface area contributed by atoms with Crippen LogP contribution in [0.4, 0.5) is 0 Å². The summed E-state index contributed by atoms with van der Waals surface area (Å²) in [4.78, 5) is 21.6. The number of hydrogen-bond donors (Lipinski definition) is 0. The summed E-state index contributed by atoms with van der Waals surface area (Å²) in [5, 5.41) is 9.81. The van der Waals surface area contributed by atoms with E-state index in [9.17, 15) is 0 Å². The molecule has 6 heterocycles. The summed E-state index contributed by atoms with van der Waals surface area (Å²) in [6.45, 7) is 12.8. The summed E-state index contributed by atoms with van der Waals surface area (Å²) in [6, 6.07) is 50.2. The van der Waals surface area contributed by atoms with Crippen LogP contribution in [0.2, 0.25) is 0 Å². The molecule has 0 spiro atoms. The molecule has 0 amide bonds. The van der Waals surface area contributed by atoms with Crippen LogP contribution in [0.5, 0.6) is 0 Å². The molecule has 288 valence electrons. The van der Waals surface area contributed by atoms with E-state index >= 15 is 0 Å². The minimum absolute atomic E-state index is 0. The number of rotatable bonds is 8. The Hall–Kier alpha value is -5.22. The van der Waals surface area contributed by atoms with Crippen LogP contribution in [0.25, 0.3) is 34.2 Å². The molecule has 0 atom stereocenters. The number of pyridine rings is 4. The SMILES string of the molecule is CC(C)(C)c1c[c-]n(-c2cccc(C(c3cccc(-c4[c-]cccc4)n3)(c3cccc(-c4[c-]cccc4)n3)c3cccc(-n4[c-]cc(C(C)(C)C)n4)n3)n2)n1.[Pd+2].[Pd+2]. The predicted octanol–water partition coefficient (Wildman–Crippen LogP) is 9.15. The maximum Gasteiger partial charge on any atom is 2.00 e. The van der Waals surface area contributed by atoms with E-state index in [4.69, 9.17) is 30.1 Å². The predicted molar refractivity (Wildman–Crippen MR) is 214 cm³/mol. The van der Waals surface area contributed by atoms with Crippen LogP contribution in [-0.4, -0.2) is 39.5 Å². The van der Waals surface area contributed by atoms with Crippen LogP contribution >= 0.6 is 0 Å². The number of hydrogen-bond acceptors (Lipinski definition) is 6. The molecule has 0 aliphatic heterocycles. The molecule has 0 aliphatic rings. The Kier molecular flexibility index (Phi) is 12.1. The topological polar surface area (TPSA) is 87.2 Å². The molecule has 2 aromatic carbocycles. The van der Waals surface area contributed by atoms with Gasteiger partial charge in [0.2, 0.25) is 0 Å². The van der Waals surface area contributed by atoms with Gasteiger partial charge in [0.1, 0.15) is 5.41 Å². The van der Waals surface area contributed by atoms with E-state index in [1.54, 1.807) is 9.36 Å². The van der Waals surface area contributed by atoms with Crippen molar-refractivity contribution in [2.45, 2.75) is 57.8 Å². The molecule has 0 saturated heterocycles. The molecule has 0 aliphatic carbocycles. The molecule has 8 nitrogen and oxygen atoms in total. The van der Waals surface area contributed by atoms with E-state index in [1.165, 1.54) is 0 Å². The molecular weight excluding hydrogens is 889 g/mol. The van der Waals surface area contributed by atoms with Gasteiger partial charge in [0, 0.05) is 0 Å². The molecule has 10 heteroatoms. The van der Waals surface area contributed by atoms with Crippen molar-refractivity contribution < 1.29 is 40.8 Å². The monoisotopic (exact) mass is 928 g/mol. The van der Waals surface area contributed by atoms with Crippen molar-refractivity contribution >= 4 is 0 Å². The molecule has 0 saturated carbocycles. The minimum atomic E-state index is -1.25. The normalized spacial score (nSPS) is 11.8. The molecule has 0 bridgehead atoms. The van der Waals surface area contributed by atoms with Crippen LogP contribution < -0.4 is 0 Å². The van der Waals surface area contributed by atoms with Gasteiger partial charge >= 0.3 is 40.8 Å². The van der Waals surface area contributed by atoms with Crippen molar-refractivity contribution in [3.05, 3.63) is 192 Å². The van der Waals surface area contributed by atoms with Gasteiger partial charge in [-0.05, 0) is 57.9 Å². The molecule has 0 unspecified atom stereocenters. The van der Waals surface area contributed by atoms with Gasteiger partial charge < -0.3 is 9.36 Å². The fourth-order valence-corrected chi connectivity index (χ4v) is 6.52. The number of aromatic nitrogens is 8. The fraction of sp³-hybridized carbons (Fsp3) is 0.191. The van der Waals surface area contributed by atoms with E-state index in [1.807, 2.05) is 133 Å². The summed E-state index contributed by atoms with van der Waals surface area (Å²) in [5.41, 5.74) is 6.15. The van der Waals surface area contributed by atoms with Gasteiger partial charge in [0.15, 0.2) is 0 Å². The van der Waals surface area contributed by atoms with Crippen molar-refractivity contribution in [2.75, 3.05) is 0 Å². The second-order valence-electron chi connectivity index (χ2n) is 15.5. The van der Waals surface area contributed by atoms with Crippen molar-refractivity contribution in [2.24, 2.45) is 0 Å². The fourth-order valence-electron chi connectivity index (χ4n) is 6.52. The van der Waals surface area contributed by atoms with E-state index in [0.29, 0.717) is 34.4 Å². The molecule has 0 fully saturated rings. The first-order chi connectivity index (χ1) is 26.5. The van der Waals surface area contributed by atoms with Gasteiger partial charge in [-0.2, -0.15) is 0 Å². The van der Waals surface area contributed by atoms with Crippen molar-refractivity contribution in [1.29, 1.82) is 0 Å². The Morgan fingerprint density at radius 1 is 0.421 bits per heavy atom. The summed E-state index contributed by atoms with van der Waals surface area (Å²) < 4.78 is 3.41. The van der Waals surface area contributed by atoms with Crippen LogP contribution in [0, 0.1) is 24.5 Å². The second-order valence-corrected chi connectivity index (χ2v) is 15.5. The van der Waals surface area contributed by atoms with Crippen LogP contribution in [-0.2, 0) is 57.1 Å². The Labute approximate surface area is 362 Å². The Bertz CT molecular complexity index is 2400. The zero-order valence-corrected chi connectivity index (χ0v) is 35.5. The first-order valence-electron chi connectivity index (χ1n) is 18.3. The molecule has 6 aromatic heterocycles. The summed E-state index contributed by atoms with van der Waals surface area (Å²) in [6.07, 6.45) is 6.61. The maximum atomic E-state index is 5.41. The van der Waals surface area contributed by atoms with E-state index in [-0.39, 0.29) is 51.7 Å². The first-order valence-corrected chi connectivity index (χ1v) is 18.3. The molecule has 8 rings (SSSR count). The molecule has 0 radical (unpaired) electrons. The van der Waals surface area contributed by atoms with Gasteiger partial charge in [-0.3, -0.25) is 30.1 Å². The minimum Gasteiger partial charge on any atom is -0.343 e. The maximum absolute atomic E-state index is 5.41. The summed E-state index contributed by atoms with van der Waals surface area (Å²) >= 11 is 0. The first kappa shape index (κ1) is 41.4. The van der Waals surface area contributed by atoms with Gasteiger partial charge in [-0.15, -0.1) is 83.9 Å². The largest absolute Gasteiger partial charge is 2.00 e. The quantitative estimate of drug-likeness (QED) is 0.112. The summed E-state index contributed by atoms with van der Waals surface area (Å²) in [7, 11) is 0. The van der Waals surface area contributed by atoms with Crippen molar-refractivity contribution in [3.8, 4) is 34.2 Å². The van der Waals surface area contributed by atoms with Crippen LogP contribution in [0.15, 0.2) is 133 Å². The zero-order chi connectivity index (χ0) is 38.2. The number of benzene rings is 2. The third-order valence-corrected chi connectivity index (χ3v) is 9.51. The van der Waals surface area contributed by atoms with Crippen LogP contribution in [0.1, 0.15) is 75.7 Å². The Morgan fingerprint density at radius 3 is 1.16 bits per heavy atom. The smallest absolute Gasteiger partial charge is 0.343 e. The number of nitrogens with zero attached hydrogens (tertiary/aromatic N) is 8. The van der Waals surface area contributed by atoms with E-state index in [2.05, 4.69) is 66.1 Å². The third kappa shape index (κ3) is 8.28. The molecule has 8 aromatic rings. The Morgan fingerprint density at radius 2 is 0.807 bits per heavy atom. The van der Waals surface area contributed by atoms with Crippen LogP contribution in [0.3, 0.4) is 0 Å². The second kappa shape index (κ2) is 16.7. The molecule has 0 N–H and O–H groups in total. The van der Waals surface area contributed by atoms with Gasteiger partial charge in [0.25, 0.3) is 0 Å². The molecular formula is C47H40N8Pd2. The van der Waals surface area contributed by atoms with Gasteiger partial charge in [0.05, 0.1) is 34.4 Å². The zero-order valence-electron chi connectivity index (χ0n) is 32.4. The average Bonchev–Trinajstić information content (AvgIpc) is 3.92. The van der Waals surface area contributed by atoms with E-state index < -0.39 is 5.41 Å². The molecule has 57 heavy (non-hydrogen) atoms.